The number of nitrogens with zero attached hydrogens (tertiary/aromatic N) is 5. The Labute approximate surface area is 155 Å². The van der Waals surface area contributed by atoms with E-state index < -0.39 is 0 Å². The predicted octanol–water partition coefficient (Wildman–Crippen LogP) is 1.48. The average molecular weight is 355 g/mol. The topological polar surface area (TPSA) is 70.4 Å². The molecule has 2 aromatic rings. The van der Waals surface area contributed by atoms with E-state index in [2.05, 4.69) is 54.9 Å². The van der Waals surface area contributed by atoms with Crippen LogP contribution in [0.5, 0.6) is 0 Å². The van der Waals surface area contributed by atoms with Crippen molar-refractivity contribution >= 4 is 5.96 Å². The lowest BCUT2D eigenvalue weighted by Gasteiger charge is -2.26. The molecule has 140 valence electrons. The molecule has 2 heterocycles. The molecule has 3 rings (SSSR count). The lowest BCUT2D eigenvalue weighted by atomic mass is 10.1. The van der Waals surface area contributed by atoms with Crippen LogP contribution in [0.25, 0.3) is 0 Å². The normalized spacial score (nSPS) is 15.8. The van der Waals surface area contributed by atoms with Gasteiger partial charge in [-0.2, -0.15) is 5.10 Å². The summed E-state index contributed by atoms with van der Waals surface area (Å²) in [6, 6.07) is 8.50. The molecular formula is C19H29N7. The van der Waals surface area contributed by atoms with Gasteiger partial charge in [-0.25, -0.2) is 9.67 Å². The molecule has 0 unspecified atom stereocenters. The maximum absolute atomic E-state index is 4.32. The molecule has 1 aromatic carbocycles. The summed E-state index contributed by atoms with van der Waals surface area (Å²) < 4.78 is 1.83. The Morgan fingerprint density at radius 2 is 2.00 bits per heavy atom. The zero-order chi connectivity index (χ0) is 18.0. The lowest BCUT2D eigenvalue weighted by Crippen LogP contribution is -2.42. The molecule has 0 bridgehead atoms. The third kappa shape index (κ3) is 5.84. The molecule has 0 saturated carbocycles. The van der Waals surface area contributed by atoms with Crippen LogP contribution in [0.3, 0.4) is 0 Å². The molecule has 1 aromatic heterocycles. The number of aliphatic imine (C=N–C) groups is 1. The fraction of sp³-hybridized carbons (Fsp3) is 0.526. The van der Waals surface area contributed by atoms with Crippen molar-refractivity contribution in [2.75, 3.05) is 33.2 Å². The van der Waals surface area contributed by atoms with Crippen molar-refractivity contribution in [3.63, 3.8) is 0 Å². The van der Waals surface area contributed by atoms with E-state index in [0.29, 0.717) is 0 Å². The molecule has 0 spiro atoms. The second-order valence-electron chi connectivity index (χ2n) is 6.67. The Hall–Kier alpha value is -2.41. The number of rotatable bonds is 7. The van der Waals surface area contributed by atoms with Gasteiger partial charge in [-0.1, -0.05) is 30.7 Å². The SMILES string of the molecule is CN=C(NCCN1CCCCC1)NCc1cccc(Cn2cncn2)c1. The third-order valence-corrected chi connectivity index (χ3v) is 4.66. The van der Waals surface area contributed by atoms with Crippen LogP contribution in [0.2, 0.25) is 0 Å². The highest BCUT2D eigenvalue weighted by Gasteiger charge is 2.09. The number of hydrogen-bond acceptors (Lipinski definition) is 4. The zero-order valence-corrected chi connectivity index (χ0v) is 15.6. The van der Waals surface area contributed by atoms with Crippen LogP contribution < -0.4 is 10.6 Å². The van der Waals surface area contributed by atoms with Gasteiger partial charge in [-0.3, -0.25) is 4.99 Å². The number of hydrogen-bond donors (Lipinski definition) is 2. The summed E-state index contributed by atoms with van der Waals surface area (Å²) in [5.74, 6) is 0.851. The minimum atomic E-state index is 0.733. The summed E-state index contributed by atoms with van der Waals surface area (Å²) >= 11 is 0. The van der Waals surface area contributed by atoms with Gasteiger partial charge < -0.3 is 15.5 Å². The summed E-state index contributed by atoms with van der Waals surface area (Å²) in [5.41, 5.74) is 2.43. The second-order valence-corrected chi connectivity index (χ2v) is 6.67. The lowest BCUT2D eigenvalue weighted by molar-refractivity contribution is 0.232. The van der Waals surface area contributed by atoms with Crippen LogP contribution >= 0.6 is 0 Å². The van der Waals surface area contributed by atoms with Gasteiger partial charge in [0, 0.05) is 26.7 Å². The summed E-state index contributed by atoms with van der Waals surface area (Å²) in [6.07, 6.45) is 7.34. The van der Waals surface area contributed by atoms with E-state index in [9.17, 15) is 0 Å². The van der Waals surface area contributed by atoms with E-state index in [1.807, 2.05) is 11.7 Å². The average Bonchev–Trinajstić information content (AvgIpc) is 3.18. The van der Waals surface area contributed by atoms with Gasteiger partial charge in [0.25, 0.3) is 0 Å². The van der Waals surface area contributed by atoms with Gasteiger partial charge in [0.2, 0.25) is 0 Å². The predicted molar refractivity (Wildman–Crippen MR) is 104 cm³/mol. The maximum Gasteiger partial charge on any atom is 0.191 e. The van der Waals surface area contributed by atoms with Gasteiger partial charge in [-0.15, -0.1) is 0 Å². The molecule has 1 aliphatic heterocycles. The molecule has 1 fully saturated rings. The van der Waals surface area contributed by atoms with Crippen molar-refractivity contribution < 1.29 is 0 Å². The van der Waals surface area contributed by atoms with Crippen molar-refractivity contribution in [2.24, 2.45) is 4.99 Å². The monoisotopic (exact) mass is 355 g/mol. The smallest absolute Gasteiger partial charge is 0.191 e. The van der Waals surface area contributed by atoms with E-state index >= 15 is 0 Å². The molecule has 0 amide bonds. The third-order valence-electron chi connectivity index (χ3n) is 4.66. The van der Waals surface area contributed by atoms with Crippen molar-refractivity contribution in [1.29, 1.82) is 0 Å². The summed E-state index contributed by atoms with van der Waals surface area (Å²) in [6.45, 7) is 5.93. The molecule has 1 saturated heterocycles. The van der Waals surface area contributed by atoms with Crippen LogP contribution in [-0.2, 0) is 13.1 Å². The van der Waals surface area contributed by atoms with E-state index in [1.165, 1.54) is 43.5 Å². The van der Waals surface area contributed by atoms with Crippen LogP contribution in [0.15, 0.2) is 41.9 Å². The second kappa shape index (κ2) is 9.91. The first kappa shape index (κ1) is 18.4. The van der Waals surface area contributed by atoms with E-state index in [4.69, 9.17) is 0 Å². The van der Waals surface area contributed by atoms with Crippen molar-refractivity contribution in [3.05, 3.63) is 48.0 Å². The van der Waals surface area contributed by atoms with Crippen molar-refractivity contribution in [1.82, 2.24) is 30.3 Å². The summed E-state index contributed by atoms with van der Waals surface area (Å²) in [4.78, 5) is 10.8. The highest BCUT2D eigenvalue weighted by atomic mass is 15.3. The van der Waals surface area contributed by atoms with Gasteiger partial charge in [0.05, 0.1) is 6.54 Å². The van der Waals surface area contributed by atoms with Gasteiger partial charge in [0.1, 0.15) is 12.7 Å². The number of aromatic nitrogens is 3. The Bertz CT molecular complexity index is 675. The van der Waals surface area contributed by atoms with Crippen LogP contribution in [0, 0.1) is 0 Å². The van der Waals surface area contributed by atoms with E-state index in [1.54, 1.807) is 12.7 Å². The largest absolute Gasteiger partial charge is 0.355 e. The molecule has 7 nitrogen and oxygen atoms in total. The number of piperidine rings is 1. The maximum atomic E-state index is 4.32. The molecular weight excluding hydrogens is 326 g/mol. The standard InChI is InChI=1S/C19H29N7/c1-20-19(22-8-11-25-9-3-2-4-10-25)23-13-17-6-5-7-18(12-17)14-26-16-21-15-24-26/h5-7,12,15-16H,2-4,8-11,13-14H2,1H3,(H2,20,22,23). The fourth-order valence-electron chi connectivity index (χ4n) is 3.26. The Balaban J connectivity index is 1.43. The van der Waals surface area contributed by atoms with Crippen LogP contribution in [0.1, 0.15) is 30.4 Å². The Morgan fingerprint density at radius 1 is 1.15 bits per heavy atom. The molecule has 0 atom stereocenters. The Kier molecular flexibility index (Phi) is 7.01. The first-order chi connectivity index (χ1) is 12.8. The van der Waals surface area contributed by atoms with Gasteiger partial charge in [0.15, 0.2) is 5.96 Å². The quantitative estimate of drug-likeness (QED) is 0.581. The number of guanidine groups is 1. The fourth-order valence-corrected chi connectivity index (χ4v) is 3.26. The molecule has 0 aliphatic carbocycles. The molecule has 1 aliphatic rings. The first-order valence-corrected chi connectivity index (χ1v) is 9.40. The first-order valence-electron chi connectivity index (χ1n) is 9.40. The van der Waals surface area contributed by atoms with E-state index in [-0.39, 0.29) is 0 Å². The number of benzene rings is 1. The zero-order valence-electron chi connectivity index (χ0n) is 15.6. The van der Waals surface area contributed by atoms with E-state index in [0.717, 1.165) is 32.1 Å². The van der Waals surface area contributed by atoms with Crippen LogP contribution in [0.4, 0.5) is 0 Å². The minimum Gasteiger partial charge on any atom is -0.355 e. The van der Waals surface area contributed by atoms with Crippen molar-refractivity contribution in [2.45, 2.75) is 32.4 Å². The molecule has 2 N–H and O–H groups in total. The highest BCUT2D eigenvalue weighted by molar-refractivity contribution is 5.79. The van der Waals surface area contributed by atoms with Crippen molar-refractivity contribution in [3.8, 4) is 0 Å². The molecule has 0 radical (unpaired) electrons. The summed E-state index contributed by atoms with van der Waals surface area (Å²) in [7, 11) is 1.82. The molecule has 26 heavy (non-hydrogen) atoms. The molecule has 7 heteroatoms. The highest BCUT2D eigenvalue weighted by Crippen LogP contribution is 2.08. The number of likely N-dealkylation sites (tertiary alicyclic amines) is 1. The minimum absolute atomic E-state index is 0.733. The van der Waals surface area contributed by atoms with Gasteiger partial charge >= 0.3 is 0 Å². The Morgan fingerprint density at radius 3 is 2.77 bits per heavy atom. The van der Waals surface area contributed by atoms with Gasteiger partial charge in [-0.05, 0) is 37.1 Å². The number of nitrogens with one attached hydrogen (secondary N) is 2. The van der Waals surface area contributed by atoms with Crippen LogP contribution in [-0.4, -0.2) is 58.9 Å². The summed E-state index contributed by atoms with van der Waals surface area (Å²) in [5, 5.41) is 11.0.